The summed E-state index contributed by atoms with van der Waals surface area (Å²) in [7, 11) is 0. The Morgan fingerprint density at radius 2 is 1.74 bits per heavy atom. The summed E-state index contributed by atoms with van der Waals surface area (Å²) in [6.45, 7) is -0.265. The van der Waals surface area contributed by atoms with Gasteiger partial charge < -0.3 is 14.2 Å². The van der Waals surface area contributed by atoms with Gasteiger partial charge in [-0.15, -0.1) is 0 Å². The van der Waals surface area contributed by atoms with Crippen LogP contribution in [-0.4, -0.2) is 30.4 Å². The number of nitro benzene ring substituents is 1. The third-order valence-corrected chi connectivity index (χ3v) is 4.44. The maximum atomic E-state index is 12.0. The van der Waals surface area contributed by atoms with Gasteiger partial charge in [0.2, 0.25) is 6.79 Å². The van der Waals surface area contributed by atoms with E-state index in [9.17, 15) is 14.9 Å². The Morgan fingerprint density at radius 1 is 1.06 bits per heavy atom. The number of carbonyl (C=O) groups is 1. The molecule has 1 aliphatic rings. The standard InChI is InChI=1S/C22H17N3O6/c26-22(13-29-18-8-6-16(7-9-18)15-4-2-1-3-5-15)24-23-12-17-10-20-21(31-14-30-20)11-19(17)25(27)28/h1-12H,13-14H2,(H,24,26)/b23-12-. The Bertz CT molecular complexity index is 1130. The molecule has 0 bridgehead atoms. The number of fused-ring (bicyclic) bond motifs is 1. The normalized spacial score (nSPS) is 12.0. The fraction of sp³-hybridized carbons (Fsp3) is 0.0909. The number of hydrogen-bond donors (Lipinski definition) is 1. The molecule has 0 saturated carbocycles. The number of ether oxygens (including phenoxy) is 3. The van der Waals surface area contributed by atoms with Crippen LogP contribution in [0.3, 0.4) is 0 Å². The predicted octanol–water partition coefficient (Wildman–Crippen LogP) is 3.52. The van der Waals surface area contributed by atoms with E-state index in [0.29, 0.717) is 17.2 Å². The average molecular weight is 419 g/mol. The van der Waals surface area contributed by atoms with Gasteiger partial charge in [-0.25, -0.2) is 5.43 Å². The van der Waals surface area contributed by atoms with Crippen LogP contribution in [0.15, 0.2) is 71.8 Å². The largest absolute Gasteiger partial charge is 0.484 e. The van der Waals surface area contributed by atoms with Crippen LogP contribution >= 0.6 is 0 Å². The first kappa shape index (κ1) is 19.9. The van der Waals surface area contributed by atoms with Gasteiger partial charge in [0.05, 0.1) is 22.8 Å². The van der Waals surface area contributed by atoms with Crippen molar-refractivity contribution < 1.29 is 23.9 Å². The number of nitro groups is 1. The van der Waals surface area contributed by atoms with Crippen molar-refractivity contribution in [3.63, 3.8) is 0 Å². The Morgan fingerprint density at radius 3 is 2.45 bits per heavy atom. The van der Waals surface area contributed by atoms with E-state index in [4.69, 9.17) is 14.2 Å². The van der Waals surface area contributed by atoms with Crippen LogP contribution in [0.1, 0.15) is 5.56 Å². The molecule has 1 aliphatic heterocycles. The van der Waals surface area contributed by atoms with Crippen molar-refractivity contribution in [2.24, 2.45) is 5.10 Å². The second kappa shape index (κ2) is 8.95. The number of nitrogens with zero attached hydrogens (tertiary/aromatic N) is 2. The molecule has 1 N–H and O–H groups in total. The molecule has 156 valence electrons. The van der Waals surface area contributed by atoms with Crippen molar-refractivity contribution in [3.8, 4) is 28.4 Å². The summed E-state index contributed by atoms with van der Waals surface area (Å²) >= 11 is 0. The maximum absolute atomic E-state index is 12.0. The highest BCUT2D eigenvalue weighted by Gasteiger charge is 2.22. The molecular weight excluding hydrogens is 402 g/mol. The molecule has 1 amide bonds. The summed E-state index contributed by atoms with van der Waals surface area (Å²) in [6, 6.07) is 19.9. The van der Waals surface area contributed by atoms with Crippen molar-refractivity contribution >= 4 is 17.8 Å². The molecule has 3 aromatic rings. The predicted molar refractivity (Wildman–Crippen MR) is 112 cm³/mol. The first-order valence-electron chi connectivity index (χ1n) is 9.28. The van der Waals surface area contributed by atoms with Gasteiger partial charge in [-0.2, -0.15) is 5.10 Å². The molecule has 1 heterocycles. The summed E-state index contributed by atoms with van der Waals surface area (Å²) in [5.41, 5.74) is 4.36. The topological polar surface area (TPSA) is 112 Å². The minimum Gasteiger partial charge on any atom is -0.484 e. The van der Waals surface area contributed by atoms with Crippen LogP contribution < -0.4 is 19.6 Å². The minimum atomic E-state index is -0.562. The van der Waals surface area contributed by atoms with Gasteiger partial charge >= 0.3 is 0 Å². The van der Waals surface area contributed by atoms with Gasteiger partial charge in [0, 0.05) is 0 Å². The van der Waals surface area contributed by atoms with Crippen LogP contribution in [0, 0.1) is 10.1 Å². The quantitative estimate of drug-likeness (QED) is 0.356. The molecule has 3 aromatic carbocycles. The fourth-order valence-corrected chi connectivity index (χ4v) is 2.94. The molecule has 0 aliphatic carbocycles. The van der Waals surface area contributed by atoms with Crippen molar-refractivity contribution in [2.75, 3.05) is 13.4 Å². The highest BCUT2D eigenvalue weighted by Crippen LogP contribution is 2.37. The molecular formula is C22H17N3O6. The number of nitrogens with one attached hydrogen (secondary N) is 1. The Kier molecular flexibility index (Phi) is 5.75. The number of amides is 1. The van der Waals surface area contributed by atoms with Crippen LogP contribution in [0.5, 0.6) is 17.2 Å². The summed E-state index contributed by atoms with van der Waals surface area (Å²) in [4.78, 5) is 22.6. The van der Waals surface area contributed by atoms with Gasteiger partial charge in [0.1, 0.15) is 5.75 Å². The highest BCUT2D eigenvalue weighted by atomic mass is 16.7. The number of rotatable bonds is 7. The zero-order valence-electron chi connectivity index (χ0n) is 16.2. The van der Waals surface area contributed by atoms with Gasteiger partial charge in [0.25, 0.3) is 11.6 Å². The van der Waals surface area contributed by atoms with E-state index in [1.807, 2.05) is 42.5 Å². The SMILES string of the molecule is O=C(COc1ccc(-c2ccccc2)cc1)N/N=C\c1cc2c(cc1[N+](=O)[O-])OCO2. The average Bonchev–Trinajstić information content (AvgIpc) is 3.25. The van der Waals surface area contributed by atoms with Crippen molar-refractivity contribution in [3.05, 3.63) is 82.4 Å². The van der Waals surface area contributed by atoms with Crippen LogP contribution in [0.4, 0.5) is 5.69 Å². The molecule has 31 heavy (non-hydrogen) atoms. The van der Waals surface area contributed by atoms with Gasteiger partial charge in [-0.1, -0.05) is 42.5 Å². The third-order valence-electron chi connectivity index (χ3n) is 4.44. The molecule has 0 saturated heterocycles. The van der Waals surface area contributed by atoms with E-state index < -0.39 is 10.8 Å². The molecule has 4 rings (SSSR count). The minimum absolute atomic E-state index is 0.00646. The van der Waals surface area contributed by atoms with Gasteiger partial charge in [-0.05, 0) is 29.3 Å². The summed E-state index contributed by atoms with van der Waals surface area (Å²) in [5.74, 6) is 0.692. The Balaban J connectivity index is 1.33. The van der Waals surface area contributed by atoms with Gasteiger partial charge in [-0.3, -0.25) is 14.9 Å². The Labute approximate surface area is 177 Å². The fourth-order valence-electron chi connectivity index (χ4n) is 2.94. The number of hydrogen-bond acceptors (Lipinski definition) is 7. The molecule has 0 unspecified atom stereocenters. The number of hydrazone groups is 1. The van der Waals surface area contributed by atoms with Crippen molar-refractivity contribution in [2.45, 2.75) is 0 Å². The molecule has 0 aromatic heterocycles. The number of carbonyl (C=O) groups excluding carboxylic acids is 1. The van der Waals surface area contributed by atoms with E-state index in [0.717, 1.165) is 11.1 Å². The Hall–Kier alpha value is -4.40. The third kappa shape index (κ3) is 4.78. The summed E-state index contributed by atoms with van der Waals surface area (Å²) in [6.07, 6.45) is 1.17. The molecule has 0 atom stereocenters. The van der Waals surface area contributed by atoms with E-state index in [1.165, 1.54) is 18.3 Å². The first-order valence-corrected chi connectivity index (χ1v) is 9.28. The van der Waals surface area contributed by atoms with Crippen molar-refractivity contribution in [1.82, 2.24) is 5.43 Å². The van der Waals surface area contributed by atoms with Crippen LogP contribution in [-0.2, 0) is 4.79 Å². The molecule has 9 heteroatoms. The lowest BCUT2D eigenvalue weighted by Gasteiger charge is -2.06. The van der Waals surface area contributed by atoms with Crippen LogP contribution in [0.25, 0.3) is 11.1 Å². The zero-order chi connectivity index (χ0) is 21.6. The van der Waals surface area contributed by atoms with Crippen LogP contribution in [0.2, 0.25) is 0 Å². The number of benzene rings is 3. The van der Waals surface area contributed by atoms with Gasteiger partial charge in [0.15, 0.2) is 18.1 Å². The second-order valence-electron chi connectivity index (χ2n) is 6.49. The zero-order valence-corrected chi connectivity index (χ0v) is 16.2. The summed E-state index contributed by atoms with van der Waals surface area (Å²) < 4.78 is 15.8. The lowest BCUT2D eigenvalue weighted by Crippen LogP contribution is -2.24. The van der Waals surface area contributed by atoms with E-state index >= 15 is 0 Å². The monoisotopic (exact) mass is 419 g/mol. The molecule has 0 spiro atoms. The molecule has 0 radical (unpaired) electrons. The second-order valence-corrected chi connectivity index (χ2v) is 6.49. The molecule has 0 fully saturated rings. The van der Waals surface area contributed by atoms with Crippen molar-refractivity contribution in [1.29, 1.82) is 0 Å². The summed E-state index contributed by atoms with van der Waals surface area (Å²) in [5, 5.41) is 15.0. The van der Waals surface area contributed by atoms with E-state index in [1.54, 1.807) is 12.1 Å². The lowest BCUT2D eigenvalue weighted by atomic mass is 10.1. The first-order chi connectivity index (χ1) is 15.1. The lowest BCUT2D eigenvalue weighted by molar-refractivity contribution is -0.385. The van der Waals surface area contributed by atoms with E-state index in [-0.39, 0.29) is 24.7 Å². The smallest absolute Gasteiger partial charge is 0.282 e. The highest BCUT2D eigenvalue weighted by molar-refractivity contribution is 5.88. The molecule has 9 nitrogen and oxygen atoms in total. The van der Waals surface area contributed by atoms with E-state index in [2.05, 4.69) is 10.5 Å². The maximum Gasteiger partial charge on any atom is 0.282 e.